The number of Topliss-reactive ketones (excluding diaryl/α,β-unsaturated/α-hetero) is 1. The maximum atomic E-state index is 12.0. The van der Waals surface area contributed by atoms with Crippen LogP contribution in [-0.2, 0) is 14.3 Å². The van der Waals surface area contributed by atoms with Crippen LogP contribution in [0.4, 0.5) is 0 Å². The van der Waals surface area contributed by atoms with Crippen molar-refractivity contribution in [1.29, 1.82) is 0 Å². The van der Waals surface area contributed by atoms with Crippen molar-refractivity contribution in [3.8, 4) is 0 Å². The summed E-state index contributed by atoms with van der Waals surface area (Å²) < 4.78 is 11.3. The fourth-order valence-corrected chi connectivity index (χ4v) is 2.86. The van der Waals surface area contributed by atoms with Gasteiger partial charge in [0.2, 0.25) is 0 Å². The second-order valence-electron chi connectivity index (χ2n) is 7.46. The standard InChI is InChI=1S/C23H38O3/c1-5-19(2)10-8-11-20(3)15-16-22(24)13-9-12-21(4)18-26-23-14-6-7-17-25-23/h5,11-12,23H,6-10,13-18H2,1-4H3. The van der Waals surface area contributed by atoms with Crippen molar-refractivity contribution >= 4 is 5.78 Å². The van der Waals surface area contributed by atoms with Crippen LogP contribution in [-0.4, -0.2) is 25.3 Å². The maximum Gasteiger partial charge on any atom is 0.158 e. The summed E-state index contributed by atoms with van der Waals surface area (Å²) in [6, 6.07) is 0. The number of ketones is 1. The van der Waals surface area contributed by atoms with Crippen molar-refractivity contribution in [1.82, 2.24) is 0 Å². The molecule has 1 aliphatic rings. The van der Waals surface area contributed by atoms with E-state index in [-0.39, 0.29) is 6.29 Å². The molecular weight excluding hydrogens is 324 g/mol. The third kappa shape index (κ3) is 11.4. The van der Waals surface area contributed by atoms with Crippen molar-refractivity contribution in [2.45, 2.75) is 91.8 Å². The lowest BCUT2D eigenvalue weighted by Gasteiger charge is -2.22. The first kappa shape index (κ1) is 22.9. The van der Waals surface area contributed by atoms with Gasteiger partial charge in [0.05, 0.1) is 6.61 Å². The van der Waals surface area contributed by atoms with Crippen molar-refractivity contribution in [2.24, 2.45) is 0 Å². The summed E-state index contributed by atoms with van der Waals surface area (Å²) in [5, 5.41) is 0. The molecule has 1 atom stereocenters. The van der Waals surface area contributed by atoms with Crippen LogP contribution < -0.4 is 0 Å². The summed E-state index contributed by atoms with van der Waals surface area (Å²) >= 11 is 0. The average molecular weight is 363 g/mol. The zero-order valence-electron chi connectivity index (χ0n) is 17.3. The van der Waals surface area contributed by atoms with Crippen molar-refractivity contribution in [3.05, 3.63) is 34.9 Å². The predicted molar refractivity (Wildman–Crippen MR) is 109 cm³/mol. The maximum absolute atomic E-state index is 12.0. The van der Waals surface area contributed by atoms with E-state index in [1.807, 2.05) is 0 Å². The van der Waals surface area contributed by atoms with Crippen molar-refractivity contribution < 1.29 is 14.3 Å². The molecule has 3 nitrogen and oxygen atoms in total. The van der Waals surface area contributed by atoms with Gasteiger partial charge in [-0.05, 0) is 72.6 Å². The summed E-state index contributed by atoms with van der Waals surface area (Å²) in [6.45, 7) is 9.85. The highest BCUT2D eigenvalue weighted by Gasteiger charge is 2.13. The van der Waals surface area contributed by atoms with Crippen LogP contribution >= 0.6 is 0 Å². The zero-order chi connectivity index (χ0) is 19.2. The van der Waals surface area contributed by atoms with Crippen LogP contribution in [0.5, 0.6) is 0 Å². The third-order valence-corrected chi connectivity index (χ3v) is 4.87. The summed E-state index contributed by atoms with van der Waals surface area (Å²) in [5.41, 5.74) is 3.93. The number of carbonyl (C=O) groups excluding carboxylic acids is 1. The van der Waals surface area contributed by atoms with Crippen molar-refractivity contribution in [2.75, 3.05) is 13.2 Å². The predicted octanol–water partition coefficient (Wildman–Crippen LogP) is 6.30. The van der Waals surface area contributed by atoms with Gasteiger partial charge < -0.3 is 9.47 Å². The van der Waals surface area contributed by atoms with E-state index in [0.29, 0.717) is 25.2 Å². The van der Waals surface area contributed by atoms with E-state index in [9.17, 15) is 4.79 Å². The summed E-state index contributed by atoms with van der Waals surface area (Å²) in [5.74, 6) is 0.350. The molecule has 0 radical (unpaired) electrons. The fourth-order valence-electron chi connectivity index (χ4n) is 2.86. The van der Waals surface area contributed by atoms with E-state index in [1.165, 1.54) is 23.1 Å². The molecule has 3 heteroatoms. The molecule has 1 fully saturated rings. The monoisotopic (exact) mass is 362 g/mol. The molecule has 0 N–H and O–H groups in total. The Kier molecular flexibility index (Phi) is 12.3. The molecule has 1 heterocycles. The minimum atomic E-state index is -0.0416. The molecule has 0 bridgehead atoms. The Hall–Kier alpha value is -1.19. The van der Waals surface area contributed by atoms with Gasteiger partial charge in [0, 0.05) is 19.4 Å². The van der Waals surface area contributed by atoms with Gasteiger partial charge in [-0.15, -0.1) is 0 Å². The second kappa shape index (κ2) is 13.9. The first-order valence-electron chi connectivity index (χ1n) is 10.2. The van der Waals surface area contributed by atoms with Gasteiger partial charge in [0.1, 0.15) is 5.78 Å². The molecule has 26 heavy (non-hydrogen) atoms. The van der Waals surface area contributed by atoms with E-state index in [1.54, 1.807) is 0 Å². The van der Waals surface area contributed by atoms with Crippen molar-refractivity contribution in [3.63, 3.8) is 0 Å². The van der Waals surface area contributed by atoms with Crippen LogP contribution in [0.15, 0.2) is 34.9 Å². The van der Waals surface area contributed by atoms with Gasteiger partial charge in [0.25, 0.3) is 0 Å². The molecule has 0 aromatic carbocycles. The first-order chi connectivity index (χ1) is 12.5. The summed E-state index contributed by atoms with van der Waals surface area (Å²) in [7, 11) is 0. The Labute approximate surface area is 160 Å². The molecule has 0 aromatic rings. The lowest BCUT2D eigenvalue weighted by atomic mass is 10.0. The molecule has 1 unspecified atom stereocenters. The van der Waals surface area contributed by atoms with E-state index < -0.39 is 0 Å². The molecule has 0 amide bonds. The van der Waals surface area contributed by atoms with Crippen LogP contribution in [0.3, 0.4) is 0 Å². The molecule has 0 spiro atoms. The number of hydrogen-bond acceptors (Lipinski definition) is 3. The highest BCUT2D eigenvalue weighted by Crippen LogP contribution is 2.15. The largest absolute Gasteiger partial charge is 0.353 e. The fraction of sp³-hybridized carbons (Fsp3) is 0.696. The number of allylic oxidation sites excluding steroid dienone is 5. The van der Waals surface area contributed by atoms with Gasteiger partial charge in [-0.2, -0.15) is 0 Å². The Morgan fingerprint density at radius 2 is 1.69 bits per heavy atom. The lowest BCUT2D eigenvalue weighted by Crippen LogP contribution is -2.22. The van der Waals surface area contributed by atoms with E-state index in [2.05, 4.69) is 45.9 Å². The molecule has 1 rings (SSSR count). The third-order valence-electron chi connectivity index (χ3n) is 4.87. The number of ether oxygens (including phenoxy) is 2. The molecule has 0 saturated carbocycles. The Balaban J connectivity index is 2.13. The smallest absolute Gasteiger partial charge is 0.158 e. The normalized spacial score (nSPS) is 19.7. The molecule has 0 aliphatic carbocycles. The minimum absolute atomic E-state index is 0.0416. The van der Waals surface area contributed by atoms with Gasteiger partial charge in [-0.25, -0.2) is 0 Å². The SMILES string of the molecule is CC=C(C)CCC=C(C)CCC(=O)CCC=C(C)COC1CCCCO1. The average Bonchev–Trinajstić information content (AvgIpc) is 2.65. The molecule has 0 aromatic heterocycles. The quantitative estimate of drug-likeness (QED) is 0.382. The lowest BCUT2D eigenvalue weighted by molar-refractivity contribution is -0.156. The van der Waals surface area contributed by atoms with Crippen LogP contribution in [0, 0.1) is 0 Å². The molecule has 1 saturated heterocycles. The Bertz CT molecular complexity index is 494. The first-order valence-corrected chi connectivity index (χ1v) is 10.2. The topological polar surface area (TPSA) is 35.5 Å². The van der Waals surface area contributed by atoms with E-state index >= 15 is 0 Å². The van der Waals surface area contributed by atoms with Gasteiger partial charge >= 0.3 is 0 Å². The van der Waals surface area contributed by atoms with E-state index in [4.69, 9.17) is 9.47 Å². The molecule has 1 aliphatic heterocycles. The highest BCUT2D eigenvalue weighted by atomic mass is 16.7. The van der Waals surface area contributed by atoms with Gasteiger partial charge in [-0.1, -0.05) is 34.9 Å². The van der Waals surface area contributed by atoms with E-state index in [0.717, 1.165) is 45.1 Å². The summed E-state index contributed by atoms with van der Waals surface area (Å²) in [6.07, 6.45) is 15.0. The Morgan fingerprint density at radius 3 is 2.38 bits per heavy atom. The summed E-state index contributed by atoms with van der Waals surface area (Å²) in [4.78, 5) is 12.0. The van der Waals surface area contributed by atoms with Crippen LogP contribution in [0.1, 0.15) is 85.5 Å². The number of carbonyl (C=O) groups is 1. The minimum Gasteiger partial charge on any atom is -0.353 e. The highest BCUT2D eigenvalue weighted by molar-refractivity contribution is 5.78. The van der Waals surface area contributed by atoms with Crippen LogP contribution in [0.25, 0.3) is 0 Å². The number of hydrogen-bond donors (Lipinski definition) is 0. The molecular formula is C23H38O3. The second-order valence-corrected chi connectivity index (χ2v) is 7.46. The van der Waals surface area contributed by atoms with Gasteiger partial charge in [-0.3, -0.25) is 4.79 Å². The Morgan fingerprint density at radius 1 is 0.962 bits per heavy atom. The molecule has 148 valence electrons. The zero-order valence-corrected chi connectivity index (χ0v) is 17.3. The van der Waals surface area contributed by atoms with Gasteiger partial charge in [0.15, 0.2) is 6.29 Å². The van der Waals surface area contributed by atoms with Crippen LogP contribution in [0.2, 0.25) is 0 Å². The number of rotatable bonds is 12.